The van der Waals surface area contributed by atoms with E-state index in [-0.39, 0.29) is 11.8 Å². The first-order chi connectivity index (χ1) is 5.48. The van der Waals surface area contributed by atoms with Crippen molar-refractivity contribution in [3.8, 4) is 0 Å². The number of nitroso groups, excluding NO2 is 1. The molecule has 0 aliphatic heterocycles. The van der Waals surface area contributed by atoms with Crippen molar-refractivity contribution in [1.82, 2.24) is 0 Å². The summed E-state index contributed by atoms with van der Waals surface area (Å²) in [5, 5.41) is 13.6. The zero-order valence-corrected chi connectivity index (χ0v) is 7.53. The number of hydrogen-bond donors (Lipinski definition) is 1. The molecule has 0 saturated carbocycles. The second kappa shape index (κ2) is 4.84. The first-order valence-corrected chi connectivity index (χ1v) is 3.61. The molecule has 5 heteroatoms. The fourth-order valence-corrected chi connectivity index (χ4v) is 0.408. The van der Waals surface area contributed by atoms with Crippen LogP contribution in [0, 0.1) is 10.1 Å². The van der Waals surface area contributed by atoms with Crippen LogP contribution in [0.25, 0.3) is 0 Å². The van der Waals surface area contributed by atoms with E-state index in [1.54, 1.807) is 20.8 Å². The molecule has 0 saturated heterocycles. The Kier molecular flexibility index (Phi) is 4.46. The lowest BCUT2D eigenvalue weighted by Crippen LogP contribution is -3.14. The standard InChI is InChI=1S/C7H14N2O3/c1-7(2,3)9(11)6-12-5-4-8-10/h4-5,9H,6H2,1-3H3/b5-4+. The molecule has 0 aliphatic carbocycles. The van der Waals surface area contributed by atoms with Crippen LogP contribution in [0.15, 0.2) is 17.6 Å². The molecule has 0 aromatic carbocycles. The number of quaternary nitrogens is 1. The van der Waals surface area contributed by atoms with Crippen LogP contribution >= 0.6 is 0 Å². The van der Waals surface area contributed by atoms with Gasteiger partial charge in [-0.15, -0.1) is 4.91 Å². The predicted octanol–water partition coefficient (Wildman–Crippen LogP) is 0.379. The summed E-state index contributed by atoms with van der Waals surface area (Å²) < 4.78 is 4.74. The summed E-state index contributed by atoms with van der Waals surface area (Å²) in [5.74, 6) is 0. The summed E-state index contributed by atoms with van der Waals surface area (Å²) in [7, 11) is 0. The van der Waals surface area contributed by atoms with Crippen LogP contribution in [0.5, 0.6) is 0 Å². The number of rotatable bonds is 4. The molecule has 0 aromatic heterocycles. The van der Waals surface area contributed by atoms with E-state index in [0.29, 0.717) is 0 Å². The van der Waals surface area contributed by atoms with Crippen LogP contribution in [0.4, 0.5) is 0 Å². The van der Waals surface area contributed by atoms with Crippen molar-refractivity contribution < 1.29 is 9.80 Å². The monoisotopic (exact) mass is 174 g/mol. The molecular weight excluding hydrogens is 160 g/mol. The van der Waals surface area contributed by atoms with Gasteiger partial charge in [-0.3, -0.25) is 0 Å². The molecule has 0 rings (SSSR count). The zero-order chi connectivity index (χ0) is 9.61. The molecule has 0 aliphatic rings. The minimum Gasteiger partial charge on any atom is -0.631 e. The molecule has 1 N–H and O–H groups in total. The van der Waals surface area contributed by atoms with Gasteiger partial charge in [-0.1, -0.05) is 0 Å². The lowest BCUT2D eigenvalue weighted by Gasteiger charge is -2.34. The Hall–Kier alpha value is -0.940. The lowest BCUT2D eigenvalue weighted by atomic mass is 10.1. The van der Waals surface area contributed by atoms with Gasteiger partial charge in [0.25, 0.3) is 0 Å². The smallest absolute Gasteiger partial charge is 0.221 e. The zero-order valence-electron chi connectivity index (χ0n) is 7.53. The average Bonchev–Trinajstić information content (AvgIpc) is 1.96. The number of hydrogen-bond acceptors (Lipinski definition) is 4. The van der Waals surface area contributed by atoms with Gasteiger partial charge in [0.1, 0.15) is 12.5 Å². The van der Waals surface area contributed by atoms with Gasteiger partial charge < -0.3 is 15.0 Å². The van der Waals surface area contributed by atoms with E-state index in [2.05, 4.69) is 5.18 Å². The summed E-state index contributed by atoms with van der Waals surface area (Å²) >= 11 is 0. The van der Waals surface area contributed by atoms with Crippen LogP contribution in [-0.2, 0) is 4.74 Å². The maximum Gasteiger partial charge on any atom is 0.221 e. The fraction of sp³-hybridized carbons (Fsp3) is 0.714. The van der Waals surface area contributed by atoms with Crippen LogP contribution in [0.2, 0.25) is 0 Å². The van der Waals surface area contributed by atoms with Crippen molar-refractivity contribution in [3.05, 3.63) is 22.6 Å². The van der Waals surface area contributed by atoms with Crippen molar-refractivity contribution in [3.63, 3.8) is 0 Å². The molecule has 0 fully saturated rings. The highest BCUT2D eigenvalue weighted by Gasteiger charge is 2.17. The van der Waals surface area contributed by atoms with E-state index in [0.717, 1.165) is 12.5 Å². The van der Waals surface area contributed by atoms with E-state index in [9.17, 15) is 10.1 Å². The minimum absolute atomic E-state index is 0.0157. The first kappa shape index (κ1) is 11.1. The average molecular weight is 174 g/mol. The summed E-state index contributed by atoms with van der Waals surface area (Å²) in [6.07, 6.45) is 2.06. The third kappa shape index (κ3) is 4.81. The molecule has 70 valence electrons. The fourth-order valence-electron chi connectivity index (χ4n) is 0.408. The van der Waals surface area contributed by atoms with Crippen molar-refractivity contribution in [2.75, 3.05) is 6.73 Å². The van der Waals surface area contributed by atoms with Crippen molar-refractivity contribution in [2.24, 2.45) is 5.18 Å². The summed E-state index contributed by atoms with van der Waals surface area (Å²) in [6, 6.07) is 0. The van der Waals surface area contributed by atoms with E-state index in [4.69, 9.17) is 4.74 Å². The second-order valence-electron chi connectivity index (χ2n) is 3.37. The van der Waals surface area contributed by atoms with E-state index in [1.807, 2.05) is 0 Å². The second-order valence-corrected chi connectivity index (χ2v) is 3.37. The molecule has 5 nitrogen and oxygen atoms in total. The molecule has 1 atom stereocenters. The molecule has 0 bridgehead atoms. The Morgan fingerprint density at radius 2 is 2.17 bits per heavy atom. The first-order valence-electron chi connectivity index (χ1n) is 3.61. The molecule has 0 spiro atoms. The van der Waals surface area contributed by atoms with Gasteiger partial charge in [0.2, 0.25) is 6.73 Å². The Morgan fingerprint density at radius 3 is 2.58 bits per heavy atom. The van der Waals surface area contributed by atoms with Gasteiger partial charge in [-0.05, 0) is 25.9 Å². The topological polar surface area (TPSA) is 66.2 Å². The summed E-state index contributed by atoms with van der Waals surface area (Å²) in [5.41, 5.74) is -0.400. The Bertz CT molecular complexity index is 163. The highest BCUT2D eigenvalue weighted by atomic mass is 16.6. The van der Waals surface area contributed by atoms with Gasteiger partial charge in [-0.2, -0.15) is 0 Å². The van der Waals surface area contributed by atoms with Gasteiger partial charge in [0.05, 0.1) is 5.54 Å². The lowest BCUT2D eigenvalue weighted by molar-refractivity contribution is -0.916. The van der Waals surface area contributed by atoms with Crippen molar-refractivity contribution in [2.45, 2.75) is 26.3 Å². The van der Waals surface area contributed by atoms with E-state index >= 15 is 0 Å². The largest absolute Gasteiger partial charge is 0.631 e. The minimum atomic E-state index is -0.400. The van der Waals surface area contributed by atoms with Crippen LogP contribution in [0.1, 0.15) is 20.8 Å². The SMILES string of the molecule is CC(C)(C)[NH+]([O-])CO/C=C/N=O. The molecule has 0 aromatic rings. The molecule has 0 amide bonds. The molecule has 12 heavy (non-hydrogen) atoms. The Labute approximate surface area is 71.6 Å². The van der Waals surface area contributed by atoms with Crippen LogP contribution < -0.4 is 5.06 Å². The molecular formula is C7H14N2O3. The number of hydroxylamine groups is 2. The van der Waals surface area contributed by atoms with Gasteiger partial charge in [0, 0.05) is 0 Å². The van der Waals surface area contributed by atoms with Gasteiger partial charge in [0.15, 0.2) is 0 Å². The maximum absolute atomic E-state index is 11.2. The van der Waals surface area contributed by atoms with Crippen LogP contribution in [0.3, 0.4) is 0 Å². The third-order valence-corrected chi connectivity index (χ3v) is 1.27. The highest BCUT2D eigenvalue weighted by molar-refractivity contribution is 4.67. The van der Waals surface area contributed by atoms with Crippen molar-refractivity contribution in [1.29, 1.82) is 0 Å². The molecule has 1 unspecified atom stereocenters. The Morgan fingerprint density at radius 1 is 1.58 bits per heavy atom. The van der Waals surface area contributed by atoms with E-state index < -0.39 is 5.54 Å². The number of nitrogens with one attached hydrogen (secondary N) is 1. The highest BCUT2D eigenvalue weighted by Crippen LogP contribution is 1.91. The summed E-state index contributed by atoms with van der Waals surface area (Å²) in [4.78, 5) is 9.54. The molecule has 0 radical (unpaired) electrons. The normalized spacial score (nSPS) is 14.7. The predicted molar refractivity (Wildman–Crippen MR) is 45.0 cm³/mol. The van der Waals surface area contributed by atoms with Gasteiger partial charge in [-0.25, -0.2) is 0 Å². The molecule has 0 heterocycles. The van der Waals surface area contributed by atoms with Crippen molar-refractivity contribution >= 4 is 0 Å². The summed E-state index contributed by atoms with van der Waals surface area (Å²) in [6.45, 7) is 5.40. The number of ether oxygens (including phenoxy) is 1. The van der Waals surface area contributed by atoms with E-state index in [1.165, 1.54) is 0 Å². The maximum atomic E-state index is 11.2. The van der Waals surface area contributed by atoms with Crippen LogP contribution in [-0.4, -0.2) is 12.3 Å². The van der Waals surface area contributed by atoms with Gasteiger partial charge >= 0.3 is 0 Å². The quantitative estimate of drug-likeness (QED) is 0.290. The third-order valence-electron chi connectivity index (χ3n) is 1.27. The number of nitrogens with zero attached hydrogens (tertiary/aromatic N) is 1. The Balaban J connectivity index is 3.64.